The van der Waals surface area contributed by atoms with E-state index >= 15 is 0 Å². The Hall–Kier alpha value is -1.35. The maximum absolute atomic E-state index is 11.5. The van der Waals surface area contributed by atoms with Gasteiger partial charge in [-0.15, -0.1) is 0 Å². The minimum atomic E-state index is 0.181. The van der Waals surface area contributed by atoms with Crippen molar-refractivity contribution in [3.63, 3.8) is 0 Å². The fraction of sp³-hybridized carbons (Fsp3) is 0.533. The third-order valence-electron chi connectivity index (χ3n) is 3.47. The Morgan fingerprint density at radius 1 is 1.28 bits per heavy atom. The molecule has 3 heteroatoms. The molecule has 1 fully saturated rings. The van der Waals surface area contributed by atoms with Crippen LogP contribution in [-0.4, -0.2) is 36.9 Å². The summed E-state index contributed by atoms with van der Waals surface area (Å²) < 4.78 is 5.93. The van der Waals surface area contributed by atoms with Crippen molar-refractivity contribution in [1.82, 2.24) is 4.90 Å². The largest absolute Gasteiger partial charge is 0.490 e. The summed E-state index contributed by atoms with van der Waals surface area (Å²) in [5, 5.41) is 0. The Morgan fingerprint density at radius 3 is 2.44 bits per heavy atom. The van der Waals surface area contributed by atoms with E-state index in [2.05, 4.69) is 11.9 Å². The molecule has 1 heterocycles. The monoisotopic (exact) mass is 247 g/mol. The van der Waals surface area contributed by atoms with Crippen molar-refractivity contribution in [3.05, 3.63) is 29.8 Å². The lowest BCUT2D eigenvalue weighted by molar-refractivity contribution is 0.0988. The van der Waals surface area contributed by atoms with E-state index < -0.39 is 0 Å². The molecule has 2 rings (SSSR count). The van der Waals surface area contributed by atoms with Crippen LogP contribution in [-0.2, 0) is 0 Å². The molecule has 98 valence electrons. The summed E-state index contributed by atoms with van der Waals surface area (Å²) in [5.74, 6) is 1.05. The second kappa shape index (κ2) is 6.01. The fourth-order valence-electron chi connectivity index (χ4n) is 2.22. The Kier molecular flexibility index (Phi) is 4.37. The van der Waals surface area contributed by atoms with Gasteiger partial charge < -0.3 is 9.64 Å². The SMILES string of the molecule is CCC(=O)c1ccc(OC2CCN(C)CC2)cc1. The molecule has 0 N–H and O–H groups in total. The second-order valence-electron chi connectivity index (χ2n) is 4.92. The van der Waals surface area contributed by atoms with Gasteiger partial charge >= 0.3 is 0 Å². The van der Waals surface area contributed by atoms with Crippen LogP contribution in [0.25, 0.3) is 0 Å². The van der Waals surface area contributed by atoms with Gasteiger partial charge in [0.05, 0.1) is 0 Å². The molecule has 18 heavy (non-hydrogen) atoms. The quantitative estimate of drug-likeness (QED) is 0.766. The van der Waals surface area contributed by atoms with Gasteiger partial charge in [0, 0.05) is 25.1 Å². The van der Waals surface area contributed by atoms with Crippen LogP contribution in [0.4, 0.5) is 0 Å². The van der Waals surface area contributed by atoms with Crippen molar-refractivity contribution in [2.24, 2.45) is 0 Å². The molecular formula is C15H21NO2. The van der Waals surface area contributed by atoms with Crippen LogP contribution in [0.5, 0.6) is 5.75 Å². The summed E-state index contributed by atoms with van der Waals surface area (Å²) in [6.07, 6.45) is 3.02. The number of Topliss-reactive ketones (excluding diaryl/α,β-unsaturated/α-hetero) is 1. The third kappa shape index (κ3) is 3.33. The van der Waals surface area contributed by atoms with Crippen LogP contribution in [0.1, 0.15) is 36.5 Å². The van der Waals surface area contributed by atoms with E-state index in [4.69, 9.17) is 4.74 Å². The van der Waals surface area contributed by atoms with E-state index in [0.717, 1.165) is 37.2 Å². The van der Waals surface area contributed by atoms with Gasteiger partial charge in [0.1, 0.15) is 11.9 Å². The van der Waals surface area contributed by atoms with Crippen LogP contribution < -0.4 is 4.74 Å². The normalized spacial score (nSPS) is 17.7. The number of likely N-dealkylation sites (tertiary alicyclic amines) is 1. The van der Waals surface area contributed by atoms with Gasteiger partial charge in [-0.25, -0.2) is 0 Å². The van der Waals surface area contributed by atoms with E-state index in [1.54, 1.807) is 0 Å². The number of carbonyl (C=O) groups is 1. The highest BCUT2D eigenvalue weighted by Gasteiger charge is 2.17. The minimum Gasteiger partial charge on any atom is -0.490 e. The highest BCUT2D eigenvalue weighted by atomic mass is 16.5. The van der Waals surface area contributed by atoms with Crippen molar-refractivity contribution in [1.29, 1.82) is 0 Å². The summed E-state index contributed by atoms with van der Waals surface area (Å²) >= 11 is 0. The summed E-state index contributed by atoms with van der Waals surface area (Å²) in [6, 6.07) is 7.52. The van der Waals surface area contributed by atoms with Crippen molar-refractivity contribution in [2.45, 2.75) is 32.3 Å². The molecule has 0 radical (unpaired) electrons. The first-order chi connectivity index (χ1) is 8.69. The number of piperidine rings is 1. The number of hydrogen-bond donors (Lipinski definition) is 0. The van der Waals surface area contributed by atoms with E-state index in [1.807, 2.05) is 31.2 Å². The number of carbonyl (C=O) groups excluding carboxylic acids is 1. The standard InChI is InChI=1S/C15H21NO2/c1-3-15(17)12-4-6-13(7-5-12)18-14-8-10-16(2)11-9-14/h4-7,14H,3,8-11H2,1-2H3. The van der Waals surface area contributed by atoms with Gasteiger partial charge in [-0.1, -0.05) is 6.92 Å². The van der Waals surface area contributed by atoms with Crippen molar-refractivity contribution >= 4 is 5.78 Å². The highest BCUT2D eigenvalue weighted by molar-refractivity contribution is 5.95. The lowest BCUT2D eigenvalue weighted by atomic mass is 10.1. The second-order valence-corrected chi connectivity index (χ2v) is 4.92. The van der Waals surface area contributed by atoms with Crippen LogP contribution in [0, 0.1) is 0 Å². The van der Waals surface area contributed by atoms with Gasteiger partial charge in [0.15, 0.2) is 5.78 Å². The fourth-order valence-corrected chi connectivity index (χ4v) is 2.22. The molecule has 1 aromatic rings. The number of rotatable bonds is 4. The first-order valence-electron chi connectivity index (χ1n) is 6.67. The maximum atomic E-state index is 11.5. The van der Waals surface area contributed by atoms with Crippen LogP contribution >= 0.6 is 0 Å². The summed E-state index contributed by atoms with van der Waals surface area (Å²) in [5.41, 5.74) is 0.772. The van der Waals surface area contributed by atoms with Gasteiger partial charge in [0.25, 0.3) is 0 Å². The molecule has 3 nitrogen and oxygen atoms in total. The van der Waals surface area contributed by atoms with E-state index in [-0.39, 0.29) is 5.78 Å². The van der Waals surface area contributed by atoms with Gasteiger partial charge in [-0.2, -0.15) is 0 Å². The zero-order valence-corrected chi connectivity index (χ0v) is 11.2. The molecule has 0 aliphatic carbocycles. The average molecular weight is 247 g/mol. The smallest absolute Gasteiger partial charge is 0.162 e. The van der Waals surface area contributed by atoms with Crippen LogP contribution in [0.15, 0.2) is 24.3 Å². The predicted molar refractivity (Wildman–Crippen MR) is 72.2 cm³/mol. The average Bonchev–Trinajstić information content (AvgIpc) is 2.41. The van der Waals surface area contributed by atoms with E-state index in [1.165, 1.54) is 0 Å². The maximum Gasteiger partial charge on any atom is 0.162 e. The molecular weight excluding hydrogens is 226 g/mol. The Bertz CT molecular complexity index is 391. The van der Waals surface area contributed by atoms with Gasteiger partial charge in [0.2, 0.25) is 0 Å². The van der Waals surface area contributed by atoms with E-state index in [9.17, 15) is 4.79 Å². The Labute approximate surface area is 109 Å². The third-order valence-corrected chi connectivity index (χ3v) is 3.47. The minimum absolute atomic E-state index is 0.181. The molecule has 1 aliphatic rings. The van der Waals surface area contributed by atoms with Crippen molar-refractivity contribution in [3.8, 4) is 5.75 Å². The lowest BCUT2D eigenvalue weighted by Crippen LogP contribution is -2.35. The molecule has 0 saturated carbocycles. The first-order valence-corrected chi connectivity index (χ1v) is 6.67. The van der Waals surface area contributed by atoms with Crippen LogP contribution in [0.2, 0.25) is 0 Å². The number of benzene rings is 1. The molecule has 1 aliphatic heterocycles. The lowest BCUT2D eigenvalue weighted by Gasteiger charge is -2.29. The topological polar surface area (TPSA) is 29.5 Å². The van der Waals surface area contributed by atoms with Crippen molar-refractivity contribution in [2.75, 3.05) is 20.1 Å². The molecule has 0 amide bonds. The zero-order chi connectivity index (χ0) is 13.0. The molecule has 0 unspecified atom stereocenters. The number of ether oxygens (including phenoxy) is 1. The Balaban J connectivity index is 1.92. The molecule has 1 saturated heterocycles. The van der Waals surface area contributed by atoms with E-state index in [0.29, 0.717) is 12.5 Å². The summed E-state index contributed by atoms with van der Waals surface area (Å²) in [4.78, 5) is 13.8. The molecule has 1 aromatic carbocycles. The molecule has 0 spiro atoms. The summed E-state index contributed by atoms with van der Waals surface area (Å²) in [7, 11) is 2.14. The van der Waals surface area contributed by atoms with Crippen molar-refractivity contribution < 1.29 is 9.53 Å². The first kappa shape index (κ1) is 13.1. The zero-order valence-electron chi connectivity index (χ0n) is 11.2. The Morgan fingerprint density at radius 2 is 1.89 bits per heavy atom. The predicted octanol–water partition coefficient (Wildman–Crippen LogP) is 2.75. The summed E-state index contributed by atoms with van der Waals surface area (Å²) in [6.45, 7) is 4.07. The molecule has 0 aromatic heterocycles. The van der Waals surface area contributed by atoms with Crippen LogP contribution in [0.3, 0.4) is 0 Å². The number of nitrogens with zero attached hydrogens (tertiary/aromatic N) is 1. The number of hydrogen-bond acceptors (Lipinski definition) is 3. The number of ketones is 1. The highest BCUT2D eigenvalue weighted by Crippen LogP contribution is 2.19. The van der Waals surface area contributed by atoms with Gasteiger partial charge in [-0.3, -0.25) is 4.79 Å². The van der Waals surface area contributed by atoms with Gasteiger partial charge in [-0.05, 0) is 44.2 Å². The molecule has 0 atom stereocenters. The molecule has 0 bridgehead atoms.